The molecular formula is C17H24N2O5. The SMILES string of the molecule is COc1ccc(CNC(=O)N2CCCC3(C2)OCCO3)cc1OC. The summed E-state index contributed by atoms with van der Waals surface area (Å²) < 4.78 is 21.9. The van der Waals surface area contributed by atoms with Crippen LogP contribution in [0.4, 0.5) is 4.79 Å². The molecule has 2 aliphatic heterocycles. The number of carbonyl (C=O) groups is 1. The second-order valence-electron chi connectivity index (χ2n) is 5.98. The van der Waals surface area contributed by atoms with Gasteiger partial charge >= 0.3 is 6.03 Å². The maximum Gasteiger partial charge on any atom is 0.317 e. The third-order valence-electron chi connectivity index (χ3n) is 4.41. The van der Waals surface area contributed by atoms with Crippen LogP contribution in [0.1, 0.15) is 18.4 Å². The van der Waals surface area contributed by atoms with E-state index in [1.54, 1.807) is 19.1 Å². The summed E-state index contributed by atoms with van der Waals surface area (Å²) in [6, 6.07) is 5.49. The van der Waals surface area contributed by atoms with Gasteiger partial charge in [-0.3, -0.25) is 0 Å². The molecule has 0 radical (unpaired) electrons. The molecule has 7 heteroatoms. The van der Waals surface area contributed by atoms with E-state index in [4.69, 9.17) is 18.9 Å². The number of rotatable bonds is 4. The summed E-state index contributed by atoms with van der Waals surface area (Å²) >= 11 is 0. The minimum absolute atomic E-state index is 0.108. The Morgan fingerprint density at radius 2 is 2.00 bits per heavy atom. The first-order chi connectivity index (χ1) is 11.7. The van der Waals surface area contributed by atoms with Crippen LogP contribution >= 0.6 is 0 Å². The molecule has 2 saturated heterocycles. The highest BCUT2D eigenvalue weighted by atomic mass is 16.7. The van der Waals surface area contributed by atoms with Crippen LogP contribution in [0.2, 0.25) is 0 Å². The molecule has 1 spiro atoms. The molecule has 2 fully saturated rings. The van der Waals surface area contributed by atoms with Crippen molar-refractivity contribution in [3.05, 3.63) is 23.8 Å². The number of ether oxygens (including phenoxy) is 4. The van der Waals surface area contributed by atoms with Gasteiger partial charge in [-0.2, -0.15) is 0 Å². The third-order valence-corrected chi connectivity index (χ3v) is 4.41. The summed E-state index contributed by atoms with van der Waals surface area (Å²) in [5.41, 5.74) is 0.945. The molecule has 3 rings (SSSR count). The largest absolute Gasteiger partial charge is 0.493 e. The van der Waals surface area contributed by atoms with Crippen LogP contribution in [-0.2, 0) is 16.0 Å². The number of hydrogen-bond donors (Lipinski definition) is 1. The Kier molecular flexibility index (Phi) is 5.11. The summed E-state index contributed by atoms with van der Waals surface area (Å²) in [7, 11) is 3.19. The fraction of sp³-hybridized carbons (Fsp3) is 0.588. The van der Waals surface area contributed by atoms with Crippen LogP contribution in [0.15, 0.2) is 18.2 Å². The van der Waals surface area contributed by atoms with Crippen LogP contribution in [0.25, 0.3) is 0 Å². The van der Waals surface area contributed by atoms with Crippen molar-refractivity contribution in [2.75, 3.05) is 40.5 Å². The van der Waals surface area contributed by atoms with Gasteiger partial charge in [-0.15, -0.1) is 0 Å². The molecule has 1 aromatic rings. The van der Waals surface area contributed by atoms with Crippen LogP contribution in [0.5, 0.6) is 11.5 Å². The maximum atomic E-state index is 12.4. The Morgan fingerprint density at radius 3 is 2.71 bits per heavy atom. The first-order valence-electron chi connectivity index (χ1n) is 8.17. The van der Waals surface area contributed by atoms with Gasteiger partial charge < -0.3 is 29.2 Å². The topological polar surface area (TPSA) is 69.3 Å². The molecule has 1 N–H and O–H groups in total. The number of hydrogen-bond acceptors (Lipinski definition) is 5. The molecule has 0 saturated carbocycles. The summed E-state index contributed by atoms with van der Waals surface area (Å²) in [6.07, 6.45) is 1.72. The standard InChI is InChI=1S/C17H24N2O5/c1-21-14-5-4-13(10-15(14)22-2)11-18-16(20)19-7-3-6-17(12-19)23-8-9-24-17/h4-5,10H,3,6-9,11-12H2,1-2H3,(H,18,20). The molecule has 24 heavy (non-hydrogen) atoms. The number of benzene rings is 1. The molecule has 2 amide bonds. The Morgan fingerprint density at radius 1 is 1.25 bits per heavy atom. The quantitative estimate of drug-likeness (QED) is 0.907. The lowest BCUT2D eigenvalue weighted by atomic mass is 10.1. The number of likely N-dealkylation sites (tertiary alicyclic amines) is 1. The van der Waals surface area contributed by atoms with Gasteiger partial charge in [-0.25, -0.2) is 4.79 Å². The summed E-state index contributed by atoms with van der Waals surface area (Å²) in [4.78, 5) is 14.2. The van der Waals surface area contributed by atoms with Gasteiger partial charge in [0.05, 0.1) is 34.0 Å². The van der Waals surface area contributed by atoms with Gasteiger partial charge in [0.2, 0.25) is 0 Å². The fourth-order valence-corrected chi connectivity index (χ4v) is 3.17. The maximum absolute atomic E-state index is 12.4. The normalized spacial score (nSPS) is 19.3. The van der Waals surface area contributed by atoms with Crippen LogP contribution in [-0.4, -0.2) is 57.2 Å². The summed E-state index contributed by atoms with van der Waals surface area (Å²) in [5.74, 6) is 0.717. The Balaban J connectivity index is 1.57. The van der Waals surface area contributed by atoms with Gasteiger partial charge in [0.15, 0.2) is 17.3 Å². The van der Waals surface area contributed by atoms with Gasteiger partial charge in [-0.05, 0) is 24.1 Å². The van der Waals surface area contributed by atoms with Gasteiger partial charge in [-0.1, -0.05) is 6.07 Å². The minimum Gasteiger partial charge on any atom is -0.493 e. The number of methoxy groups -OCH3 is 2. The van der Waals surface area contributed by atoms with E-state index in [0.29, 0.717) is 44.3 Å². The molecule has 0 aliphatic carbocycles. The lowest BCUT2D eigenvalue weighted by Gasteiger charge is -2.38. The molecular weight excluding hydrogens is 312 g/mol. The number of urea groups is 1. The van der Waals surface area contributed by atoms with Crippen LogP contribution < -0.4 is 14.8 Å². The molecule has 0 aromatic heterocycles. The highest BCUT2D eigenvalue weighted by Crippen LogP contribution is 2.30. The minimum atomic E-state index is -0.598. The summed E-state index contributed by atoms with van der Waals surface area (Å²) in [5, 5.41) is 2.94. The molecule has 132 valence electrons. The van der Waals surface area contributed by atoms with Crippen molar-refractivity contribution < 1.29 is 23.7 Å². The van der Waals surface area contributed by atoms with E-state index >= 15 is 0 Å². The van der Waals surface area contributed by atoms with E-state index in [0.717, 1.165) is 18.4 Å². The average Bonchev–Trinajstić information content (AvgIpc) is 3.06. The Hall–Kier alpha value is -1.99. The number of piperidine rings is 1. The molecule has 2 heterocycles. The second kappa shape index (κ2) is 7.27. The van der Waals surface area contributed by atoms with E-state index in [1.807, 2.05) is 18.2 Å². The van der Waals surface area contributed by atoms with Crippen molar-refractivity contribution in [2.45, 2.75) is 25.2 Å². The number of nitrogens with zero attached hydrogens (tertiary/aromatic N) is 1. The molecule has 0 atom stereocenters. The molecule has 2 aliphatic rings. The van der Waals surface area contributed by atoms with Gasteiger partial charge in [0, 0.05) is 19.5 Å². The van der Waals surface area contributed by atoms with Crippen molar-refractivity contribution in [2.24, 2.45) is 0 Å². The van der Waals surface area contributed by atoms with E-state index < -0.39 is 5.79 Å². The van der Waals surface area contributed by atoms with Crippen LogP contribution in [0.3, 0.4) is 0 Å². The first kappa shape index (κ1) is 16.9. The van der Waals surface area contributed by atoms with Crippen molar-refractivity contribution in [1.82, 2.24) is 10.2 Å². The van der Waals surface area contributed by atoms with Crippen molar-refractivity contribution in [3.63, 3.8) is 0 Å². The van der Waals surface area contributed by atoms with Gasteiger partial charge in [0.25, 0.3) is 0 Å². The Labute approximate surface area is 141 Å². The molecule has 7 nitrogen and oxygen atoms in total. The second-order valence-corrected chi connectivity index (χ2v) is 5.98. The lowest BCUT2D eigenvalue weighted by Crippen LogP contribution is -2.53. The molecule has 0 unspecified atom stereocenters. The zero-order valence-corrected chi connectivity index (χ0v) is 14.2. The van der Waals surface area contributed by atoms with E-state index in [2.05, 4.69) is 5.32 Å². The number of nitrogens with one attached hydrogen (secondary N) is 1. The monoisotopic (exact) mass is 336 g/mol. The summed E-state index contributed by atoms with van der Waals surface area (Å²) in [6.45, 7) is 2.81. The zero-order chi connectivity index (χ0) is 17.0. The van der Waals surface area contributed by atoms with E-state index in [-0.39, 0.29) is 6.03 Å². The fourth-order valence-electron chi connectivity index (χ4n) is 3.17. The molecule has 0 bridgehead atoms. The smallest absolute Gasteiger partial charge is 0.317 e. The predicted molar refractivity (Wildman–Crippen MR) is 87.2 cm³/mol. The first-order valence-corrected chi connectivity index (χ1v) is 8.17. The zero-order valence-electron chi connectivity index (χ0n) is 14.2. The predicted octanol–water partition coefficient (Wildman–Crippen LogP) is 1.75. The third kappa shape index (κ3) is 3.57. The van der Waals surface area contributed by atoms with Gasteiger partial charge in [0.1, 0.15) is 0 Å². The van der Waals surface area contributed by atoms with Crippen molar-refractivity contribution in [3.8, 4) is 11.5 Å². The highest BCUT2D eigenvalue weighted by molar-refractivity contribution is 5.74. The highest BCUT2D eigenvalue weighted by Gasteiger charge is 2.42. The van der Waals surface area contributed by atoms with E-state index in [1.165, 1.54) is 0 Å². The van der Waals surface area contributed by atoms with Crippen molar-refractivity contribution in [1.29, 1.82) is 0 Å². The van der Waals surface area contributed by atoms with Crippen molar-refractivity contribution >= 4 is 6.03 Å². The molecule has 1 aromatic carbocycles. The number of amides is 2. The average molecular weight is 336 g/mol. The van der Waals surface area contributed by atoms with Crippen LogP contribution in [0, 0.1) is 0 Å². The lowest BCUT2D eigenvalue weighted by molar-refractivity contribution is -0.182. The number of carbonyl (C=O) groups excluding carboxylic acids is 1. The van der Waals surface area contributed by atoms with E-state index in [9.17, 15) is 4.79 Å². The Bertz CT molecular complexity index is 586.